The van der Waals surface area contributed by atoms with Crippen LogP contribution in [-0.4, -0.2) is 17.9 Å². The van der Waals surface area contributed by atoms with Gasteiger partial charge in [0.1, 0.15) is 0 Å². The van der Waals surface area contributed by atoms with Crippen molar-refractivity contribution < 1.29 is 9.90 Å². The highest BCUT2D eigenvalue weighted by Gasteiger charge is 2.17. The number of thioether (sulfide) groups is 1. The summed E-state index contributed by atoms with van der Waals surface area (Å²) in [5.74, 6) is -0.499. The molecule has 0 bridgehead atoms. The standard InChI is InChI=1S/C17H12Cl2N2O2S/c18-12-3-6-15-14(7-12)16(19)11(9-24-15)8-20-21-13-4-1-10(2-5-13)17(22)23/h1-8,21H,9H2,(H,22,23)/p-1. The monoisotopic (exact) mass is 377 g/mol. The smallest absolute Gasteiger partial charge is 0.0715 e. The van der Waals surface area contributed by atoms with Gasteiger partial charge in [0.2, 0.25) is 0 Å². The summed E-state index contributed by atoms with van der Waals surface area (Å²) in [5, 5.41) is 16.1. The number of hydrogen-bond acceptors (Lipinski definition) is 5. The normalized spacial score (nSPS) is 13.9. The number of fused-ring (bicyclic) bond motifs is 1. The lowest BCUT2D eigenvalue weighted by Gasteiger charge is -2.17. The first-order chi connectivity index (χ1) is 11.5. The van der Waals surface area contributed by atoms with Crippen molar-refractivity contribution >= 4 is 57.9 Å². The van der Waals surface area contributed by atoms with Crippen LogP contribution in [0.25, 0.3) is 5.03 Å². The maximum atomic E-state index is 10.7. The maximum absolute atomic E-state index is 10.7. The molecule has 0 amide bonds. The second-order valence-electron chi connectivity index (χ2n) is 5.00. The van der Waals surface area contributed by atoms with E-state index in [-0.39, 0.29) is 5.56 Å². The highest BCUT2D eigenvalue weighted by molar-refractivity contribution is 7.99. The van der Waals surface area contributed by atoms with Gasteiger partial charge in [0.25, 0.3) is 0 Å². The number of carboxylic acid groups (broad SMARTS) is 1. The van der Waals surface area contributed by atoms with E-state index in [0.29, 0.717) is 21.5 Å². The van der Waals surface area contributed by atoms with E-state index in [4.69, 9.17) is 23.2 Å². The van der Waals surface area contributed by atoms with Crippen LogP contribution in [0, 0.1) is 0 Å². The van der Waals surface area contributed by atoms with Gasteiger partial charge in [0.15, 0.2) is 0 Å². The highest BCUT2D eigenvalue weighted by atomic mass is 35.5. The number of nitrogens with zero attached hydrogens (tertiary/aromatic N) is 1. The van der Waals surface area contributed by atoms with Gasteiger partial charge in [0.05, 0.1) is 22.9 Å². The van der Waals surface area contributed by atoms with E-state index >= 15 is 0 Å². The van der Waals surface area contributed by atoms with E-state index in [2.05, 4.69) is 10.5 Å². The first-order valence-corrected chi connectivity index (χ1v) is 8.70. The van der Waals surface area contributed by atoms with Crippen molar-refractivity contribution in [1.29, 1.82) is 0 Å². The van der Waals surface area contributed by atoms with Crippen molar-refractivity contribution in [2.75, 3.05) is 11.2 Å². The quantitative estimate of drug-likeness (QED) is 0.648. The van der Waals surface area contributed by atoms with Gasteiger partial charge in [-0.3, -0.25) is 5.43 Å². The van der Waals surface area contributed by atoms with E-state index in [1.54, 1.807) is 30.1 Å². The van der Waals surface area contributed by atoms with Gasteiger partial charge < -0.3 is 9.90 Å². The molecule has 1 aliphatic rings. The maximum Gasteiger partial charge on any atom is 0.0715 e. The van der Waals surface area contributed by atoms with E-state index in [1.165, 1.54) is 12.1 Å². The molecule has 2 aromatic rings. The minimum Gasteiger partial charge on any atom is -0.545 e. The lowest BCUT2D eigenvalue weighted by molar-refractivity contribution is -0.255. The fourth-order valence-electron chi connectivity index (χ4n) is 2.15. The van der Waals surface area contributed by atoms with Crippen LogP contribution in [0.3, 0.4) is 0 Å². The van der Waals surface area contributed by atoms with Crippen molar-refractivity contribution in [3.63, 3.8) is 0 Å². The number of halogens is 2. The van der Waals surface area contributed by atoms with Gasteiger partial charge in [-0.05, 0) is 35.9 Å². The summed E-state index contributed by atoms with van der Waals surface area (Å²) in [6, 6.07) is 11.8. The molecular formula is C17H11Cl2N2O2S-. The molecule has 1 heterocycles. The lowest BCUT2D eigenvalue weighted by atomic mass is 10.1. The third-order valence-electron chi connectivity index (χ3n) is 3.38. The number of carbonyl (C=O) groups excluding carboxylic acids is 1. The molecule has 3 rings (SSSR count). The molecule has 0 saturated carbocycles. The molecule has 7 heteroatoms. The van der Waals surface area contributed by atoms with Crippen LogP contribution < -0.4 is 10.5 Å². The Labute approximate surface area is 153 Å². The Morgan fingerprint density at radius 3 is 2.67 bits per heavy atom. The SMILES string of the molecule is O=C([O-])c1ccc(NN=CC2=C(Cl)c3cc(Cl)ccc3SC2)cc1. The summed E-state index contributed by atoms with van der Waals surface area (Å²) in [6.45, 7) is 0. The Hall–Kier alpha value is -1.95. The summed E-state index contributed by atoms with van der Waals surface area (Å²) in [6.07, 6.45) is 1.66. The molecule has 0 aliphatic carbocycles. The molecular weight excluding hydrogens is 367 g/mol. The fraction of sp³-hybridized carbons (Fsp3) is 0.0588. The largest absolute Gasteiger partial charge is 0.545 e. The van der Waals surface area contributed by atoms with Crippen molar-refractivity contribution in [3.05, 3.63) is 64.2 Å². The number of benzene rings is 2. The highest BCUT2D eigenvalue weighted by Crippen LogP contribution is 2.39. The van der Waals surface area contributed by atoms with Crippen LogP contribution >= 0.6 is 35.0 Å². The second-order valence-corrected chi connectivity index (χ2v) is 6.83. The van der Waals surface area contributed by atoms with Crippen LogP contribution in [0.4, 0.5) is 5.69 Å². The average Bonchev–Trinajstić information content (AvgIpc) is 2.58. The Morgan fingerprint density at radius 2 is 1.96 bits per heavy atom. The summed E-state index contributed by atoms with van der Waals surface area (Å²) in [5.41, 5.74) is 5.41. The molecule has 2 aromatic carbocycles. The number of hydrogen-bond donors (Lipinski definition) is 1. The zero-order valence-corrected chi connectivity index (χ0v) is 14.6. The zero-order valence-electron chi connectivity index (χ0n) is 12.3. The predicted octanol–water partition coefficient (Wildman–Crippen LogP) is 3.86. The van der Waals surface area contributed by atoms with E-state index in [9.17, 15) is 9.90 Å². The first kappa shape index (κ1) is 16.9. The molecule has 0 spiro atoms. The summed E-state index contributed by atoms with van der Waals surface area (Å²) in [4.78, 5) is 11.8. The third kappa shape index (κ3) is 3.75. The number of anilines is 1. The van der Waals surface area contributed by atoms with Crippen LogP contribution in [0.1, 0.15) is 15.9 Å². The third-order valence-corrected chi connectivity index (χ3v) is 5.18. The first-order valence-electron chi connectivity index (χ1n) is 6.96. The molecule has 1 N–H and O–H groups in total. The Bertz CT molecular complexity index is 848. The minimum absolute atomic E-state index is 0.118. The van der Waals surface area contributed by atoms with Crippen molar-refractivity contribution in [3.8, 4) is 0 Å². The summed E-state index contributed by atoms with van der Waals surface area (Å²) >= 11 is 14.1. The van der Waals surface area contributed by atoms with Crippen molar-refractivity contribution in [2.45, 2.75) is 4.90 Å². The molecule has 24 heavy (non-hydrogen) atoms. The van der Waals surface area contributed by atoms with Crippen LogP contribution in [0.2, 0.25) is 5.02 Å². The lowest BCUT2D eigenvalue weighted by Crippen LogP contribution is -2.21. The zero-order chi connectivity index (χ0) is 17.1. The predicted molar refractivity (Wildman–Crippen MR) is 97.8 cm³/mol. The minimum atomic E-state index is -1.21. The topological polar surface area (TPSA) is 64.5 Å². The van der Waals surface area contributed by atoms with Crippen LogP contribution in [0.5, 0.6) is 0 Å². The molecule has 4 nitrogen and oxygen atoms in total. The van der Waals surface area contributed by atoms with Gasteiger partial charge >= 0.3 is 0 Å². The summed E-state index contributed by atoms with van der Waals surface area (Å²) in [7, 11) is 0. The molecule has 0 unspecified atom stereocenters. The van der Waals surface area contributed by atoms with Gasteiger partial charge in [-0.2, -0.15) is 5.10 Å². The number of nitrogens with one attached hydrogen (secondary N) is 1. The van der Waals surface area contributed by atoms with E-state index < -0.39 is 5.97 Å². The number of rotatable bonds is 4. The number of hydrazone groups is 1. The molecule has 0 saturated heterocycles. The van der Waals surface area contributed by atoms with Crippen LogP contribution in [0.15, 0.2) is 58.0 Å². The molecule has 0 atom stereocenters. The number of carbonyl (C=O) groups is 1. The van der Waals surface area contributed by atoms with Crippen LogP contribution in [-0.2, 0) is 0 Å². The fourth-order valence-corrected chi connectivity index (χ4v) is 3.74. The molecule has 1 aliphatic heterocycles. The summed E-state index contributed by atoms with van der Waals surface area (Å²) < 4.78 is 0. The molecule has 0 radical (unpaired) electrons. The van der Waals surface area contributed by atoms with Gasteiger partial charge in [0, 0.05) is 26.8 Å². The molecule has 0 fully saturated rings. The second kappa shape index (κ2) is 7.30. The molecule has 0 aromatic heterocycles. The van der Waals surface area contributed by atoms with Gasteiger partial charge in [-0.25, -0.2) is 0 Å². The van der Waals surface area contributed by atoms with Gasteiger partial charge in [-0.15, -0.1) is 11.8 Å². The Kier molecular flexibility index (Phi) is 5.14. The molecule has 122 valence electrons. The van der Waals surface area contributed by atoms with Crippen molar-refractivity contribution in [2.24, 2.45) is 5.10 Å². The number of aromatic carboxylic acids is 1. The van der Waals surface area contributed by atoms with E-state index in [0.717, 1.165) is 16.0 Å². The van der Waals surface area contributed by atoms with E-state index in [1.807, 2.05) is 18.2 Å². The Morgan fingerprint density at radius 1 is 1.21 bits per heavy atom. The Balaban J connectivity index is 1.74. The van der Waals surface area contributed by atoms with Crippen molar-refractivity contribution in [1.82, 2.24) is 0 Å². The van der Waals surface area contributed by atoms with Gasteiger partial charge in [-0.1, -0.05) is 35.3 Å². The number of carboxylic acids is 1. The average molecular weight is 378 g/mol.